The maximum Gasteiger partial charge on any atom is 0.255 e. The second-order valence-corrected chi connectivity index (χ2v) is 7.74. The molecule has 29 heavy (non-hydrogen) atoms. The second-order valence-electron chi connectivity index (χ2n) is 6.89. The van der Waals surface area contributed by atoms with Crippen LogP contribution in [0.1, 0.15) is 61.9 Å². The first-order valence-corrected chi connectivity index (χ1v) is 10.9. The molecule has 0 atom stereocenters. The van der Waals surface area contributed by atoms with E-state index < -0.39 is 0 Å². The highest BCUT2D eigenvalue weighted by atomic mass is 79.9. The molecule has 0 aromatic heterocycles. The van der Waals surface area contributed by atoms with Gasteiger partial charge in [0, 0.05) is 23.4 Å². The van der Waals surface area contributed by atoms with Crippen molar-refractivity contribution < 1.29 is 14.3 Å². The fourth-order valence-corrected chi connectivity index (χ4v) is 3.30. The molecule has 0 aliphatic heterocycles. The summed E-state index contributed by atoms with van der Waals surface area (Å²) in [7, 11) is 0. The Kier molecular flexibility index (Phi) is 9.19. The van der Waals surface area contributed by atoms with Crippen LogP contribution in [0.15, 0.2) is 40.9 Å². The Hall–Kier alpha value is -2.34. The van der Waals surface area contributed by atoms with Gasteiger partial charge in [-0.2, -0.15) is 0 Å². The fraction of sp³-hybridized carbons (Fsp3) is 0.391. The Morgan fingerprint density at radius 3 is 2.38 bits per heavy atom. The maximum absolute atomic E-state index is 12.7. The number of halogens is 1. The quantitative estimate of drug-likeness (QED) is 0.407. The van der Waals surface area contributed by atoms with Crippen molar-refractivity contribution in [2.24, 2.45) is 0 Å². The van der Waals surface area contributed by atoms with E-state index in [9.17, 15) is 9.59 Å². The topological polar surface area (TPSA) is 67.4 Å². The third-order valence-electron chi connectivity index (χ3n) is 4.63. The van der Waals surface area contributed by atoms with Gasteiger partial charge in [-0.25, -0.2) is 0 Å². The summed E-state index contributed by atoms with van der Waals surface area (Å²) in [5.74, 6) is 0.451. The standard InChI is InChI=1S/C23H29BrN2O3/c1-4-6-7-8-14-29-21-13-12-17(15-18(21)24)23(28)26-20-11-9-10-19(16(20)3)25-22(27)5-2/h9-13,15H,4-8,14H2,1-3H3,(H,25,27)(H,26,28). The van der Waals surface area contributed by atoms with Crippen LogP contribution in [-0.4, -0.2) is 18.4 Å². The normalized spacial score (nSPS) is 10.5. The van der Waals surface area contributed by atoms with Gasteiger partial charge < -0.3 is 15.4 Å². The first kappa shape index (κ1) is 22.9. The molecule has 2 amide bonds. The minimum Gasteiger partial charge on any atom is -0.492 e. The minimum absolute atomic E-state index is 0.0641. The molecular weight excluding hydrogens is 432 g/mol. The summed E-state index contributed by atoms with van der Waals surface area (Å²) < 4.78 is 6.55. The number of rotatable bonds is 10. The van der Waals surface area contributed by atoms with E-state index in [1.807, 2.05) is 25.1 Å². The van der Waals surface area contributed by atoms with E-state index in [2.05, 4.69) is 33.5 Å². The van der Waals surface area contributed by atoms with Crippen LogP contribution in [-0.2, 0) is 4.79 Å². The summed E-state index contributed by atoms with van der Waals surface area (Å²) in [6, 6.07) is 10.8. The van der Waals surface area contributed by atoms with Crippen molar-refractivity contribution in [3.05, 3.63) is 52.0 Å². The Labute approximate surface area is 181 Å². The molecule has 2 N–H and O–H groups in total. The van der Waals surface area contributed by atoms with Crippen LogP contribution in [0.4, 0.5) is 11.4 Å². The molecule has 0 radical (unpaired) electrons. The van der Waals surface area contributed by atoms with E-state index in [0.29, 0.717) is 30.0 Å². The predicted molar refractivity (Wildman–Crippen MR) is 122 cm³/mol. The summed E-state index contributed by atoms with van der Waals surface area (Å²) in [5, 5.41) is 5.77. The van der Waals surface area contributed by atoms with Crippen LogP contribution in [0.2, 0.25) is 0 Å². The van der Waals surface area contributed by atoms with Crippen molar-refractivity contribution in [1.82, 2.24) is 0 Å². The summed E-state index contributed by atoms with van der Waals surface area (Å²) in [5.41, 5.74) is 2.70. The Bertz CT molecular complexity index is 852. The van der Waals surface area contributed by atoms with Crippen LogP contribution in [0.5, 0.6) is 5.75 Å². The molecule has 0 fully saturated rings. The van der Waals surface area contributed by atoms with E-state index in [4.69, 9.17) is 4.74 Å². The third kappa shape index (κ3) is 6.89. The summed E-state index contributed by atoms with van der Waals surface area (Å²) in [4.78, 5) is 24.4. The molecule has 6 heteroatoms. The average molecular weight is 461 g/mol. The van der Waals surface area contributed by atoms with E-state index in [1.54, 1.807) is 25.1 Å². The maximum atomic E-state index is 12.7. The number of anilines is 2. The number of amides is 2. The predicted octanol–water partition coefficient (Wildman–Crippen LogP) is 6.32. The highest BCUT2D eigenvalue weighted by molar-refractivity contribution is 9.10. The van der Waals surface area contributed by atoms with Crippen molar-refractivity contribution in [3.63, 3.8) is 0 Å². The van der Waals surface area contributed by atoms with Crippen molar-refractivity contribution in [3.8, 4) is 5.75 Å². The van der Waals surface area contributed by atoms with Gasteiger partial charge in [-0.3, -0.25) is 9.59 Å². The number of unbranched alkanes of at least 4 members (excludes halogenated alkanes) is 3. The average Bonchev–Trinajstić information content (AvgIpc) is 2.71. The van der Waals surface area contributed by atoms with Gasteiger partial charge in [0.2, 0.25) is 5.91 Å². The van der Waals surface area contributed by atoms with Crippen LogP contribution in [0, 0.1) is 6.92 Å². The molecular formula is C23H29BrN2O3. The first-order valence-electron chi connectivity index (χ1n) is 10.1. The van der Waals surface area contributed by atoms with E-state index >= 15 is 0 Å². The molecule has 2 rings (SSSR count). The van der Waals surface area contributed by atoms with Gasteiger partial charge >= 0.3 is 0 Å². The van der Waals surface area contributed by atoms with Gasteiger partial charge in [0.15, 0.2) is 0 Å². The Morgan fingerprint density at radius 2 is 1.72 bits per heavy atom. The minimum atomic E-state index is -0.220. The molecule has 0 heterocycles. The van der Waals surface area contributed by atoms with Crippen molar-refractivity contribution in [2.75, 3.05) is 17.2 Å². The summed E-state index contributed by atoms with van der Waals surface area (Å²) in [6.45, 7) is 6.51. The number of hydrogen-bond donors (Lipinski definition) is 2. The van der Waals surface area contributed by atoms with Crippen molar-refractivity contribution >= 4 is 39.1 Å². The van der Waals surface area contributed by atoms with Crippen molar-refractivity contribution in [1.29, 1.82) is 0 Å². The molecule has 0 saturated heterocycles. The van der Waals surface area contributed by atoms with E-state index in [1.165, 1.54) is 12.8 Å². The van der Waals surface area contributed by atoms with Crippen molar-refractivity contribution in [2.45, 2.75) is 52.9 Å². The number of nitrogens with one attached hydrogen (secondary N) is 2. The molecule has 0 bridgehead atoms. The number of ether oxygens (including phenoxy) is 1. The summed E-state index contributed by atoms with van der Waals surface area (Å²) in [6.07, 6.45) is 4.99. The lowest BCUT2D eigenvalue weighted by molar-refractivity contribution is -0.115. The molecule has 0 spiro atoms. The van der Waals surface area contributed by atoms with Gasteiger partial charge in [-0.1, -0.05) is 39.2 Å². The SMILES string of the molecule is CCCCCCOc1ccc(C(=O)Nc2cccc(NC(=O)CC)c2C)cc1Br. The number of hydrogen-bond acceptors (Lipinski definition) is 3. The van der Waals surface area contributed by atoms with Crippen LogP contribution in [0.25, 0.3) is 0 Å². The highest BCUT2D eigenvalue weighted by Gasteiger charge is 2.13. The zero-order valence-corrected chi connectivity index (χ0v) is 18.9. The number of benzene rings is 2. The van der Waals surface area contributed by atoms with Crippen LogP contribution in [0.3, 0.4) is 0 Å². The lowest BCUT2D eigenvalue weighted by atomic mass is 10.1. The molecule has 2 aromatic carbocycles. The van der Waals surface area contributed by atoms with Crippen LogP contribution < -0.4 is 15.4 Å². The lowest BCUT2D eigenvalue weighted by Crippen LogP contribution is -2.15. The molecule has 0 aliphatic carbocycles. The lowest BCUT2D eigenvalue weighted by Gasteiger charge is -2.14. The smallest absolute Gasteiger partial charge is 0.255 e. The monoisotopic (exact) mass is 460 g/mol. The van der Waals surface area contributed by atoms with Gasteiger partial charge in [-0.05, 0) is 65.2 Å². The molecule has 156 valence electrons. The summed E-state index contributed by atoms with van der Waals surface area (Å²) >= 11 is 3.49. The number of carbonyl (C=O) groups is 2. The van der Waals surface area contributed by atoms with Gasteiger partial charge in [0.05, 0.1) is 11.1 Å². The third-order valence-corrected chi connectivity index (χ3v) is 5.25. The largest absolute Gasteiger partial charge is 0.492 e. The molecule has 0 saturated carbocycles. The van der Waals surface area contributed by atoms with E-state index in [0.717, 1.165) is 28.6 Å². The molecule has 5 nitrogen and oxygen atoms in total. The fourth-order valence-electron chi connectivity index (χ4n) is 2.81. The first-order chi connectivity index (χ1) is 14.0. The highest BCUT2D eigenvalue weighted by Crippen LogP contribution is 2.28. The molecule has 0 unspecified atom stereocenters. The van der Waals surface area contributed by atoms with Gasteiger partial charge in [0.25, 0.3) is 5.91 Å². The zero-order chi connectivity index (χ0) is 21.2. The second kappa shape index (κ2) is 11.6. The van der Waals surface area contributed by atoms with Gasteiger partial charge in [-0.15, -0.1) is 0 Å². The van der Waals surface area contributed by atoms with Crippen LogP contribution >= 0.6 is 15.9 Å². The van der Waals surface area contributed by atoms with Gasteiger partial charge in [0.1, 0.15) is 5.75 Å². The molecule has 2 aromatic rings. The number of carbonyl (C=O) groups excluding carboxylic acids is 2. The zero-order valence-electron chi connectivity index (χ0n) is 17.3. The Morgan fingerprint density at radius 1 is 1.00 bits per heavy atom. The Balaban J connectivity index is 2.03. The van der Waals surface area contributed by atoms with E-state index in [-0.39, 0.29) is 11.8 Å². The molecule has 0 aliphatic rings.